The van der Waals surface area contributed by atoms with E-state index in [1.807, 2.05) is 13.1 Å². The molecule has 0 spiro atoms. The normalized spacial score (nSPS) is 14.9. The Bertz CT molecular complexity index is 284. The highest BCUT2D eigenvalue weighted by atomic mass is 14.7. The number of aliphatic imine (C=N–C) groups is 1. The molecule has 98 valence electrons. The van der Waals surface area contributed by atoms with Crippen molar-refractivity contribution >= 4 is 6.21 Å². The largest absolute Gasteiger partial charge is 0.266 e. The average Bonchev–Trinajstić information content (AvgIpc) is 2.28. The van der Waals surface area contributed by atoms with Crippen LogP contribution in [-0.4, -0.2) is 6.21 Å². The molecule has 0 radical (unpaired) electrons. The lowest BCUT2D eigenvalue weighted by atomic mass is 9.93. The summed E-state index contributed by atoms with van der Waals surface area (Å²) in [6.07, 6.45) is 7.86. The predicted octanol–water partition coefficient (Wildman–Crippen LogP) is 5.53. The summed E-state index contributed by atoms with van der Waals surface area (Å²) in [5.74, 6) is 0.810. The SMILES string of the molecule is C=C(CCC(C)CCC)/C(CC)=C(C)\N=C/C. The summed E-state index contributed by atoms with van der Waals surface area (Å²) in [6.45, 7) is 15.0. The molecule has 0 amide bonds. The zero-order valence-electron chi connectivity index (χ0n) is 12.3. The van der Waals surface area contributed by atoms with Crippen molar-refractivity contribution in [2.24, 2.45) is 10.9 Å². The molecule has 0 bridgehead atoms. The molecule has 0 heterocycles. The number of nitrogens with zero attached hydrogens (tertiary/aromatic N) is 1. The minimum absolute atomic E-state index is 0.810. The van der Waals surface area contributed by atoms with Gasteiger partial charge in [-0.1, -0.05) is 45.8 Å². The van der Waals surface area contributed by atoms with Crippen LogP contribution < -0.4 is 0 Å². The highest BCUT2D eigenvalue weighted by Crippen LogP contribution is 2.24. The zero-order chi connectivity index (χ0) is 13.3. The van der Waals surface area contributed by atoms with Gasteiger partial charge in [0.1, 0.15) is 0 Å². The Morgan fingerprint density at radius 1 is 1.29 bits per heavy atom. The summed E-state index contributed by atoms with van der Waals surface area (Å²) >= 11 is 0. The van der Waals surface area contributed by atoms with Gasteiger partial charge in [-0.3, -0.25) is 4.99 Å². The lowest BCUT2D eigenvalue weighted by Gasteiger charge is -2.14. The van der Waals surface area contributed by atoms with E-state index in [0.717, 1.165) is 24.5 Å². The third-order valence-electron chi connectivity index (χ3n) is 3.26. The summed E-state index contributed by atoms with van der Waals surface area (Å²) in [5, 5.41) is 0. The fourth-order valence-corrected chi connectivity index (χ4v) is 2.24. The van der Waals surface area contributed by atoms with Crippen molar-refractivity contribution in [1.82, 2.24) is 0 Å². The van der Waals surface area contributed by atoms with Crippen LogP contribution in [0, 0.1) is 5.92 Å². The first-order chi connectivity index (χ1) is 8.06. The molecule has 0 rings (SSSR count). The maximum Gasteiger partial charge on any atom is 0.0402 e. The van der Waals surface area contributed by atoms with Crippen LogP contribution in [0.2, 0.25) is 0 Å². The van der Waals surface area contributed by atoms with Crippen molar-refractivity contribution in [3.63, 3.8) is 0 Å². The number of hydrogen-bond acceptors (Lipinski definition) is 1. The van der Waals surface area contributed by atoms with Gasteiger partial charge in [-0.15, -0.1) is 0 Å². The van der Waals surface area contributed by atoms with Crippen LogP contribution in [0.3, 0.4) is 0 Å². The van der Waals surface area contributed by atoms with Crippen LogP contribution in [0.25, 0.3) is 0 Å². The molecule has 0 aliphatic carbocycles. The standard InChI is InChI=1S/C16H29N/c1-7-10-13(4)11-12-14(5)16(8-2)15(6)17-9-3/h9,13H,5,7-8,10-12H2,1-4,6H3/b16-15-,17-9-. The molecule has 0 N–H and O–H groups in total. The lowest BCUT2D eigenvalue weighted by Crippen LogP contribution is -1.97. The van der Waals surface area contributed by atoms with Gasteiger partial charge in [-0.05, 0) is 44.6 Å². The Morgan fingerprint density at radius 2 is 1.94 bits per heavy atom. The molecule has 0 aromatic heterocycles. The smallest absolute Gasteiger partial charge is 0.0402 e. The van der Waals surface area contributed by atoms with Crippen LogP contribution in [-0.2, 0) is 0 Å². The minimum atomic E-state index is 0.810. The van der Waals surface area contributed by atoms with Gasteiger partial charge in [-0.2, -0.15) is 0 Å². The first kappa shape index (κ1) is 16.1. The summed E-state index contributed by atoms with van der Waals surface area (Å²) in [5.41, 5.74) is 3.74. The second-order valence-electron chi connectivity index (χ2n) is 4.84. The first-order valence-corrected chi connectivity index (χ1v) is 6.93. The van der Waals surface area contributed by atoms with Crippen LogP contribution in [0.15, 0.2) is 28.4 Å². The summed E-state index contributed by atoms with van der Waals surface area (Å²) < 4.78 is 0. The van der Waals surface area contributed by atoms with Crippen molar-refractivity contribution in [3.8, 4) is 0 Å². The van der Waals surface area contributed by atoms with Crippen LogP contribution in [0.1, 0.15) is 66.7 Å². The van der Waals surface area contributed by atoms with Crippen molar-refractivity contribution in [2.75, 3.05) is 0 Å². The quantitative estimate of drug-likeness (QED) is 0.387. The molecule has 17 heavy (non-hydrogen) atoms. The second-order valence-corrected chi connectivity index (χ2v) is 4.84. The molecule has 0 saturated carbocycles. The lowest BCUT2D eigenvalue weighted by molar-refractivity contribution is 0.486. The summed E-state index contributed by atoms with van der Waals surface area (Å²) in [7, 11) is 0. The molecule has 0 aliphatic rings. The number of allylic oxidation sites excluding steroid dienone is 3. The molecule has 0 aromatic carbocycles. The van der Waals surface area contributed by atoms with Gasteiger partial charge in [0.25, 0.3) is 0 Å². The van der Waals surface area contributed by atoms with Gasteiger partial charge in [0.15, 0.2) is 0 Å². The van der Waals surface area contributed by atoms with E-state index in [9.17, 15) is 0 Å². The maximum atomic E-state index is 4.37. The van der Waals surface area contributed by atoms with E-state index in [2.05, 4.69) is 39.3 Å². The molecule has 0 saturated heterocycles. The van der Waals surface area contributed by atoms with Gasteiger partial charge in [0.2, 0.25) is 0 Å². The topological polar surface area (TPSA) is 12.4 Å². The molecule has 1 unspecified atom stereocenters. The fraction of sp³-hybridized carbons (Fsp3) is 0.688. The van der Waals surface area contributed by atoms with Crippen molar-refractivity contribution in [3.05, 3.63) is 23.4 Å². The maximum absolute atomic E-state index is 4.37. The van der Waals surface area contributed by atoms with Crippen LogP contribution in [0.4, 0.5) is 0 Å². The van der Waals surface area contributed by atoms with Crippen molar-refractivity contribution in [2.45, 2.75) is 66.7 Å². The molecular formula is C16H29N. The molecule has 0 aliphatic heterocycles. The van der Waals surface area contributed by atoms with E-state index in [1.54, 1.807) is 0 Å². The first-order valence-electron chi connectivity index (χ1n) is 6.93. The Balaban J connectivity index is 4.42. The van der Waals surface area contributed by atoms with E-state index >= 15 is 0 Å². The average molecular weight is 235 g/mol. The Kier molecular flexibility index (Phi) is 8.75. The highest BCUT2D eigenvalue weighted by Gasteiger charge is 2.07. The Morgan fingerprint density at radius 3 is 2.41 bits per heavy atom. The van der Waals surface area contributed by atoms with Crippen LogP contribution >= 0.6 is 0 Å². The number of rotatable bonds is 8. The van der Waals surface area contributed by atoms with Gasteiger partial charge in [-0.25, -0.2) is 0 Å². The van der Waals surface area contributed by atoms with Gasteiger partial charge in [0, 0.05) is 11.9 Å². The van der Waals surface area contributed by atoms with E-state index < -0.39 is 0 Å². The Hall–Kier alpha value is -0.850. The highest BCUT2D eigenvalue weighted by molar-refractivity contribution is 5.56. The molecule has 0 fully saturated rings. The molecule has 1 heteroatoms. The number of hydrogen-bond donors (Lipinski definition) is 0. The summed E-state index contributed by atoms with van der Waals surface area (Å²) in [6, 6.07) is 0. The van der Waals surface area contributed by atoms with E-state index in [4.69, 9.17) is 0 Å². The monoisotopic (exact) mass is 235 g/mol. The van der Waals surface area contributed by atoms with E-state index in [-0.39, 0.29) is 0 Å². The zero-order valence-corrected chi connectivity index (χ0v) is 12.3. The van der Waals surface area contributed by atoms with Crippen molar-refractivity contribution < 1.29 is 0 Å². The molecular weight excluding hydrogens is 206 g/mol. The Labute approximate surface area is 108 Å². The van der Waals surface area contributed by atoms with Gasteiger partial charge in [0.05, 0.1) is 0 Å². The molecule has 0 aromatic rings. The van der Waals surface area contributed by atoms with E-state index in [1.165, 1.54) is 30.4 Å². The van der Waals surface area contributed by atoms with Gasteiger partial charge < -0.3 is 0 Å². The predicted molar refractivity (Wildman–Crippen MR) is 79.6 cm³/mol. The summed E-state index contributed by atoms with van der Waals surface area (Å²) in [4.78, 5) is 4.37. The fourth-order valence-electron chi connectivity index (χ4n) is 2.24. The third kappa shape index (κ3) is 6.45. The van der Waals surface area contributed by atoms with Crippen molar-refractivity contribution in [1.29, 1.82) is 0 Å². The second kappa shape index (κ2) is 9.21. The van der Waals surface area contributed by atoms with Gasteiger partial charge >= 0.3 is 0 Å². The minimum Gasteiger partial charge on any atom is -0.266 e. The molecule has 1 nitrogen and oxygen atoms in total. The molecule has 1 atom stereocenters. The van der Waals surface area contributed by atoms with Crippen LogP contribution in [0.5, 0.6) is 0 Å². The van der Waals surface area contributed by atoms with E-state index in [0.29, 0.717) is 0 Å². The third-order valence-corrected chi connectivity index (χ3v) is 3.26.